The van der Waals surface area contributed by atoms with Crippen molar-refractivity contribution < 1.29 is 29.6 Å². The summed E-state index contributed by atoms with van der Waals surface area (Å²) in [6, 6.07) is 0. The van der Waals surface area contributed by atoms with E-state index in [4.69, 9.17) is 15.0 Å². The molecule has 6 heteroatoms. The lowest BCUT2D eigenvalue weighted by Gasteiger charge is -2.00. The summed E-state index contributed by atoms with van der Waals surface area (Å²) in [7, 11) is 0. The second kappa shape index (κ2) is 13.9. The van der Waals surface area contributed by atoms with E-state index in [1.54, 1.807) is 0 Å². The van der Waals surface area contributed by atoms with Gasteiger partial charge in [-0.2, -0.15) is 0 Å². The number of rotatable bonds is 8. The third kappa shape index (κ3) is 29.3. The maximum absolute atomic E-state index is 9.93. The van der Waals surface area contributed by atoms with Gasteiger partial charge >= 0.3 is 5.97 Å². The summed E-state index contributed by atoms with van der Waals surface area (Å²) in [6.07, 6.45) is 4.39. The summed E-state index contributed by atoms with van der Waals surface area (Å²) >= 11 is 0. The summed E-state index contributed by atoms with van der Waals surface area (Å²) in [4.78, 5) is 27.9. The van der Waals surface area contributed by atoms with Crippen LogP contribution >= 0.6 is 0 Å². The summed E-state index contributed by atoms with van der Waals surface area (Å²) in [5.41, 5.74) is 0. The van der Waals surface area contributed by atoms with Gasteiger partial charge in [-0.05, 0) is 6.42 Å². The van der Waals surface area contributed by atoms with Crippen molar-refractivity contribution in [3.63, 3.8) is 0 Å². The largest absolute Gasteiger partial charge is 0.481 e. The van der Waals surface area contributed by atoms with Crippen molar-refractivity contribution in [3.8, 4) is 0 Å². The quantitative estimate of drug-likeness (QED) is 0.378. The number of hydrogen-bond acceptors (Lipinski definition) is 4. The summed E-state index contributed by atoms with van der Waals surface area (Å²) in [5.74, 6) is -1.84. The average molecular weight is 236 g/mol. The highest BCUT2D eigenvalue weighted by Crippen LogP contribution is 1.98. The third-order valence-corrected chi connectivity index (χ3v) is 1.35. The fraction of sp³-hybridized carbons (Fsp3) is 0.800. The standard InChI is InChI=1S/C8H16O4.C2H4O2/c1-2-3-4-5-6-11-12-7-8(9)10;1-2(3)4/h2-7H2,1H3,(H,9,10);1H3,(H,3,4). The summed E-state index contributed by atoms with van der Waals surface area (Å²) < 4.78 is 0. The second-order valence-electron chi connectivity index (χ2n) is 3.06. The van der Waals surface area contributed by atoms with Gasteiger partial charge in [0.05, 0.1) is 6.61 Å². The zero-order valence-electron chi connectivity index (χ0n) is 9.77. The van der Waals surface area contributed by atoms with Crippen molar-refractivity contribution >= 4 is 11.9 Å². The van der Waals surface area contributed by atoms with Gasteiger partial charge in [0.15, 0.2) is 6.61 Å². The SMILES string of the molecule is CC(=O)O.CCCCCCOOCC(=O)O. The Labute approximate surface area is 95.1 Å². The first-order valence-corrected chi connectivity index (χ1v) is 5.16. The van der Waals surface area contributed by atoms with E-state index < -0.39 is 11.9 Å². The molecule has 0 bridgehead atoms. The van der Waals surface area contributed by atoms with E-state index in [9.17, 15) is 4.79 Å². The Kier molecular flexibility index (Phi) is 15.0. The number of unbranched alkanes of at least 4 members (excludes halogenated alkanes) is 3. The maximum Gasteiger partial charge on any atom is 0.333 e. The molecule has 0 aliphatic heterocycles. The van der Waals surface area contributed by atoms with Crippen molar-refractivity contribution in [1.82, 2.24) is 0 Å². The van der Waals surface area contributed by atoms with Crippen molar-refractivity contribution in [2.45, 2.75) is 39.5 Å². The maximum atomic E-state index is 9.93. The van der Waals surface area contributed by atoms with Gasteiger partial charge in [0.25, 0.3) is 5.97 Å². The van der Waals surface area contributed by atoms with E-state index in [0.29, 0.717) is 6.61 Å². The van der Waals surface area contributed by atoms with Gasteiger partial charge < -0.3 is 10.2 Å². The first-order valence-electron chi connectivity index (χ1n) is 5.16. The molecule has 0 aliphatic carbocycles. The van der Waals surface area contributed by atoms with E-state index in [1.165, 1.54) is 12.8 Å². The molecule has 0 aromatic heterocycles. The number of carboxylic acids is 2. The van der Waals surface area contributed by atoms with Gasteiger partial charge in [-0.15, -0.1) is 0 Å². The third-order valence-electron chi connectivity index (χ3n) is 1.35. The molecule has 2 N–H and O–H groups in total. The minimum atomic E-state index is -1.01. The Morgan fingerprint density at radius 3 is 2.06 bits per heavy atom. The molecule has 0 radical (unpaired) electrons. The summed E-state index contributed by atoms with van der Waals surface area (Å²) in [6.45, 7) is 3.31. The molecular weight excluding hydrogens is 216 g/mol. The lowest BCUT2D eigenvalue weighted by Crippen LogP contribution is -2.07. The molecule has 96 valence electrons. The molecule has 0 spiro atoms. The molecule has 0 rings (SSSR count). The van der Waals surface area contributed by atoms with Gasteiger partial charge in [-0.1, -0.05) is 26.2 Å². The van der Waals surface area contributed by atoms with Crippen molar-refractivity contribution in [3.05, 3.63) is 0 Å². The lowest BCUT2D eigenvalue weighted by molar-refractivity contribution is -0.292. The van der Waals surface area contributed by atoms with Crippen LogP contribution in [0.5, 0.6) is 0 Å². The monoisotopic (exact) mass is 236 g/mol. The van der Waals surface area contributed by atoms with Crippen LogP contribution in [0.25, 0.3) is 0 Å². The summed E-state index contributed by atoms with van der Waals surface area (Å²) in [5, 5.41) is 15.6. The molecule has 0 amide bonds. The molecule has 0 heterocycles. The molecule has 0 aromatic carbocycles. The van der Waals surface area contributed by atoms with Crippen LogP contribution in [0.2, 0.25) is 0 Å². The van der Waals surface area contributed by atoms with Crippen molar-refractivity contribution in [1.29, 1.82) is 0 Å². The van der Waals surface area contributed by atoms with Crippen LogP contribution in [0, 0.1) is 0 Å². The van der Waals surface area contributed by atoms with Crippen LogP contribution in [0.15, 0.2) is 0 Å². The van der Waals surface area contributed by atoms with Crippen LogP contribution in [0.1, 0.15) is 39.5 Å². The van der Waals surface area contributed by atoms with Crippen LogP contribution in [-0.4, -0.2) is 35.4 Å². The predicted molar refractivity (Wildman–Crippen MR) is 57.0 cm³/mol. The second-order valence-corrected chi connectivity index (χ2v) is 3.06. The Morgan fingerprint density at radius 1 is 1.06 bits per heavy atom. The molecule has 0 aromatic rings. The van der Waals surface area contributed by atoms with Crippen LogP contribution in [0.3, 0.4) is 0 Å². The van der Waals surface area contributed by atoms with Gasteiger partial charge in [0.1, 0.15) is 0 Å². The Morgan fingerprint density at radius 2 is 1.62 bits per heavy atom. The first-order chi connectivity index (χ1) is 7.50. The Hall–Kier alpha value is -1.14. The van der Waals surface area contributed by atoms with E-state index in [1.807, 2.05) is 0 Å². The molecular formula is C10H20O6. The molecule has 16 heavy (non-hydrogen) atoms. The molecule has 0 atom stereocenters. The van der Waals surface area contributed by atoms with Gasteiger partial charge in [-0.25, -0.2) is 14.6 Å². The minimum Gasteiger partial charge on any atom is -0.481 e. The lowest BCUT2D eigenvalue weighted by atomic mass is 10.2. The Bertz CT molecular complexity index is 176. The molecule has 0 fully saturated rings. The van der Waals surface area contributed by atoms with Gasteiger partial charge in [0, 0.05) is 6.92 Å². The van der Waals surface area contributed by atoms with Crippen molar-refractivity contribution in [2.24, 2.45) is 0 Å². The number of carboxylic acid groups (broad SMARTS) is 2. The van der Waals surface area contributed by atoms with Crippen LogP contribution < -0.4 is 0 Å². The highest BCUT2D eigenvalue weighted by Gasteiger charge is 1.96. The normalized spacial score (nSPS) is 9.12. The van der Waals surface area contributed by atoms with E-state index >= 15 is 0 Å². The number of carbonyl (C=O) groups is 2. The molecule has 0 aliphatic rings. The zero-order chi connectivity index (χ0) is 12.8. The fourth-order valence-corrected chi connectivity index (χ4v) is 0.739. The molecule has 0 saturated heterocycles. The molecule has 0 saturated carbocycles. The van der Waals surface area contributed by atoms with E-state index in [-0.39, 0.29) is 6.61 Å². The smallest absolute Gasteiger partial charge is 0.333 e. The van der Waals surface area contributed by atoms with Gasteiger partial charge in [0.2, 0.25) is 0 Å². The number of hydrogen-bond donors (Lipinski definition) is 2. The topological polar surface area (TPSA) is 93.1 Å². The Balaban J connectivity index is 0. The molecule has 0 unspecified atom stereocenters. The minimum absolute atomic E-state index is 0.381. The van der Waals surface area contributed by atoms with E-state index in [0.717, 1.165) is 19.8 Å². The highest BCUT2D eigenvalue weighted by atomic mass is 17.2. The van der Waals surface area contributed by atoms with E-state index in [2.05, 4.69) is 16.7 Å². The van der Waals surface area contributed by atoms with Gasteiger partial charge in [-0.3, -0.25) is 4.79 Å². The highest BCUT2D eigenvalue weighted by molar-refractivity contribution is 5.67. The first kappa shape index (κ1) is 17.3. The average Bonchev–Trinajstić information content (AvgIpc) is 2.15. The van der Waals surface area contributed by atoms with Crippen LogP contribution in [-0.2, 0) is 19.4 Å². The fourth-order valence-electron chi connectivity index (χ4n) is 0.739. The molecule has 6 nitrogen and oxygen atoms in total. The predicted octanol–water partition coefficient (Wildman–Crippen LogP) is 1.69. The van der Waals surface area contributed by atoms with Crippen molar-refractivity contribution in [2.75, 3.05) is 13.2 Å². The zero-order valence-corrected chi connectivity index (χ0v) is 9.77. The number of aliphatic carboxylic acids is 2. The van der Waals surface area contributed by atoms with Crippen LogP contribution in [0.4, 0.5) is 0 Å².